The van der Waals surface area contributed by atoms with E-state index in [1.54, 1.807) is 48.5 Å². The number of nitrogens with one attached hydrogen (secondary N) is 1. The van der Waals surface area contributed by atoms with E-state index in [-0.39, 0.29) is 4.90 Å². The zero-order valence-corrected chi connectivity index (χ0v) is 15.8. The summed E-state index contributed by atoms with van der Waals surface area (Å²) >= 11 is 17.4. The first kappa shape index (κ1) is 19.8. The first-order chi connectivity index (χ1) is 11.7. The standard InChI is InChI=1S/C16H14Cl3NO4S/c17-16(18,19)14(11-25(22,23)13-9-5-2-6-10-13)24-15(21)20-12-7-3-1-4-8-12/h1-10,14H,11H2,(H,20,21)/t14-/m0/s1. The number of ether oxygens (including phenoxy) is 1. The average Bonchev–Trinajstić information content (AvgIpc) is 2.55. The number of hydrogen-bond acceptors (Lipinski definition) is 4. The molecule has 0 heterocycles. The van der Waals surface area contributed by atoms with Crippen LogP contribution >= 0.6 is 34.8 Å². The fourth-order valence-electron chi connectivity index (χ4n) is 1.92. The molecule has 0 saturated heterocycles. The smallest absolute Gasteiger partial charge is 0.412 e. The third-order valence-corrected chi connectivity index (χ3v) is 5.57. The third kappa shape index (κ3) is 6.08. The molecule has 1 amide bonds. The molecule has 0 fully saturated rings. The number of hydrogen-bond donors (Lipinski definition) is 1. The fraction of sp³-hybridized carbons (Fsp3) is 0.188. The topological polar surface area (TPSA) is 72.5 Å². The fourth-order valence-corrected chi connectivity index (χ4v) is 4.04. The van der Waals surface area contributed by atoms with Crippen molar-refractivity contribution in [3.8, 4) is 0 Å². The van der Waals surface area contributed by atoms with Gasteiger partial charge >= 0.3 is 6.09 Å². The molecule has 0 saturated carbocycles. The van der Waals surface area contributed by atoms with Gasteiger partial charge in [0.25, 0.3) is 0 Å². The molecule has 0 aromatic heterocycles. The second-order valence-corrected chi connectivity index (χ2v) is 9.42. The lowest BCUT2D eigenvalue weighted by Crippen LogP contribution is -2.38. The number of alkyl halides is 3. The normalized spacial score (nSPS) is 13.1. The van der Waals surface area contributed by atoms with Gasteiger partial charge in [-0.05, 0) is 24.3 Å². The molecule has 1 atom stereocenters. The molecule has 25 heavy (non-hydrogen) atoms. The van der Waals surface area contributed by atoms with Gasteiger partial charge in [0, 0.05) is 5.69 Å². The van der Waals surface area contributed by atoms with Gasteiger partial charge in [-0.3, -0.25) is 5.32 Å². The Labute approximate surface area is 160 Å². The lowest BCUT2D eigenvalue weighted by atomic mass is 10.3. The van der Waals surface area contributed by atoms with Crippen molar-refractivity contribution in [1.29, 1.82) is 0 Å². The van der Waals surface area contributed by atoms with E-state index in [1.165, 1.54) is 12.1 Å². The third-order valence-electron chi connectivity index (χ3n) is 3.11. The average molecular weight is 423 g/mol. The molecule has 0 unspecified atom stereocenters. The molecule has 0 radical (unpaired) electrons. The number of benzene rings is 2. The van der Waals surface area contributed by atoms with Crippen molar-refractivity contribution in [3.05, 3.63) is 60.7 Å². The number of carbonyl (C=O) groups is 1. The van der Waals surface area contributed by atoms with Gasteiger partial charge in [-0.1, -0.05) is 71.2 Å². The summed E-state index contributed by atoms with van der Waals surface area (Å²) in [4.78, 5) is 12.0. The summed E-state index contributed by atoms with van der Waals surface area (Å²) in [5.74, 6) is -0.671. The van der Waals surface area contributed by atoms with E-state index < -0.39 is 31.6 Å². The van der Waals surface area contributed by atoms with Crippen molar-refractivity contribution in [1.82, 2.24) is 0 Å². The summed E-state index contributed by atoms with van der Waals surface area (Å²) in [6.45, 7) is 0. The zero-order valence-electron chi connectivity index (χ0n) is 12.7. The second kappa shape index (κ2) is 8.27. The van der Waals surface area contributed by atoms with Gasteiger partial charge in [0.1, 0.15) is 0 Å². The van der Waals surface area contributed by atoms with Crippen LogP contribution in [0.25, 0.3) is 0 Å². The summed E-state index contributed by atoms with van der Waals surface area (Å²) in [7, 11) is -3.82. The maximum atomic E-state index is 12.4. The monoisotopic (exact) mass is 421 g/mol. The van der Waals surface area contributed by atoms with Crippen molar-refractivity contribution < 1.29 is 17.9 Å². The van der Waals surface area contributed by atoms with Crippen molar-refractivity contribution in [2.75, 3.05) is 11.1 Å². The Morgan fingerprint density at radius 3 is 2.04 bits per heavy atom. The van der Waals surface area contributed by atoms with Crippen LogP contribution < -0.4 is 5.32 Å². The predicted octanol–water partition coefficient (Wildman–Crippen LogP) is 4.45. The molecule has 0 aliphatic heterocycles. The molecule has 134 valence electrons. The van der Waals surface area contributed by atoms with Gasteiger partial charge < -0.3 is 4.74 Å². The Morgan fingerprint density at radius 2 is 1.52 bits per heavy atom. The lowest BCUT2D eigenvalue weighted by Gasteiger charge is -2.24. The summed E-state index contributed by atoms with van der Waals surface area (Å²) in [5.41, 5.74) is 0.460. The van der Waals surface area contributed by atoms with Crippen LogP contribution in [0, 0.1) is 0 Å². The first-order valence-corrected chi connectivity index (χ1v) is 9.84. The zero-order chi connectivity index (χ0) is 18.5. The summed E-state index contributed by atoms with van der Waals surface area (Å²) in [6.07, 6.45) is -2.42. The molecule has 0 bridgehead atoms. The molecule has 9 heteroatoms. The molecular formula is C16H14Cl3NO4S. The second-order valence-electron chi connectivity index (χ2n) is 5.02. The number of rotatable bonds is 5. The highest BCUT2D eigenvalue weighted by Crippen LogP contribution is 2.34. The van der Waals surface area contributed by atoms with Gasteiger partial charge in [-0.15, -0.1) is 0 Å². The number of anilines is 1. The number of para-hydroxylation sites is 1. The Morgan fingerprint density at radius 1 is 1.00 bits per heavy atom. The van der Waals surface area contributed by atoms with Gasteiger partial charge in [0.2, 0.25) is 3.79 Å². The maximum absolute atomic E-state index is 12.4. The molecular weight excluding hydrogens is 409 g/mol. The Hall–Kier alpha value is -1.47. The Balaban J connectivity index is 2.13. The minimum atomic E-state index is -3.82. The van der Waals surface area contributed by atoms with Crippen molar-refractivity contribution in [2.24, 2.45) is 0 Å². The molecule has 2 rings (SSSR count). The van der Waals surface area contributed by atoms with Crippen molar-refractivity contribution >= 4 is 56.4 Å². The minimum Gasteiger partial charge on any atom is -0.440 e. The SMILES string of the molecule is O=C(Nc1ccccc1)O[C@@H](CS(=O)(=O)c1ccccc1)C(Cl)(Cl)Cl. The predicted molar refractivity (Wildman–Crippen MR) is 99.1 cm³/mol. The van der Waals surface area contributed by atoms with Crippen LogP contribution in [0.2, 0.25) is 0 Å². The lowest BCUT2D eigenvalue weighted by molar-refractivity contribution is 0.124. The number of sulfone groups is 1. The highest BCUT2D eigenvalue weighted by atomic mass is 35.6. The maximum Gasteiger partial charge on any atom is 0.412 e. The summed E-state index contributed by atoms with van der Waals surface area (Å²) < 4.78 is 27.8. The van der Waals surface area contributed by atoms with E-state index in [0.717, 1.165) is 0 Å². The summed E-state index contributed by atoms with van der Waals surface area (Å²) in [5, 5.41) is 2.44. The van der Waals surface area contributed by atoms with Crippen LogP contribution in [0.15, 0.2) is 65.6 Å². The Kier molecular flexibility index (Phi) is 6.57. The van der Waals surface area contributed by atoms with Gasteiger partial charge in [0.05, 0.1) is 10.6 Å². The van der Waals surface area contributed by atoms with Gasteiger partial charge in [-0.2, -0.15) is 0 Å². The van der Waals surface area contributed by atoms with Crippen LogP contribution in [-0.2, 0) is 14.6 Å². The highest BCUT2D eigenvalue weighted by molar-refractivity contribution is 7.91. The molecule has 0 aliphatic rings. The van der Waals surface area contributed by atoms with Crippen molar-refractivity contribution in [3.63, 3.8) is 0 Å². The van der Waals surface area contributed by atoms with Gasteiger partial charge in [0.15, 0.2) is 15.9 Å². The van der Waals surface area contributed by atoms with E-state index in [0.29, 0.717) is 5.69 Å². The van der Waals surface area contributed by atoms with E-state index in [2.05, 4.69) is 5.32 Å². The molecule has 0 spiro atoms. The highest BCUT2D eigenvalue weighted by Gasteiger charge is 2.40. The minimum absolute atomic E-state index is 0.0429. The van der Waals surface area contributed by atoms with Crippen LogP contribution in [0.4, 0.5) is 10.5 Å². The molecule has 5 nitrogen and oxygen atoms in total. The molecule has 1 N–H and O–H groups in total. The van der Waals surface area contributed by atoms with Gasteiger partial charge in [-0.25, -0.2) is 13.2 Å². The number of halogens is 3. The number of carbonyl (C=O) groups excluding carboxylic acids is 1. The quantitative estimate of drug-likeness (QED) is 0.723. The van der Waals surface area contributed by atoms with Crippen LogP contribution in [0.5, 0.6) is 0 Å². The Bertz CT molecular complexity index is 808. The summed E-state index contributed by atoms with van der Waals surface area (Å²) in [6, 6.07) is 16.1. The van der Waals surface area contributed by atoms with E-state index in [1.807, 2.05) is 0 Å². The first-order valence-electron chi connectivity index (χ1n) is 7.06. The largest absolute Gasteiger partial charge is 0.440 e. The van der Waals surface area contributed by atoms with Crippen LogP contribution in [0.3, 0.4) is 0 Å². The van der Waals surface area contributed by atoms with E-state index in [4.69, 9.17) is 39.5 Å². The molecule has 2 aromatic carbocycles. The number of amides is 1. The van der Waals surface area contributed by atoms with Crippen LogP contribution in [-0.4, -0.2) is 30.2 Å². The molecule has 0 aliphatic carbocycles. The van der Waals surface area contributed by atoms with Crippen LogP contribution in [0.1, 0.15) is 0 Å². The van der Waals surface area contributed by atoms with E-state index in [9.17, 15) is 13.2 Å². The molecule has 2 aromatic rings. The van der Waals surface area contributed by atoms with E-state index >= 15 is 0 Å². The van der Waals surface area contributed by atoms with Crippen molar-refractivity contribution in [2.45, 2.75) is 14.8 Å².